The van der Waals surface area contributed by atoms with Gasteiger partial charge < -0.3 is 10.4 Å². The van der Waals surface area contributed by atoms with Crippen LogP contribution in [0, 0.1) is 6.92 Å². The molecule has 0 saturated carbocycles. The second kappa shape index (κ2) is 5.75. The van der Waals surface area contributed by atoms with Crippen molar-refractivity contribution in [1.82, 2.24) is 9.97 Å². The third kappa shape index (κ3) is 2.81. The maximum atomic E-state index is 9.39. The smallest absolute Gasteiger partial charge is 0.227 e. The van der Waals surface area contributed by atoms with Crippen LogP contribution in [0.3, 0.4) is 0 Å². The first-order chi connectivity index (χ1) is 9.22. The number of para-hydroxylation sites is 1. The van der Waals surface area contributed by atoms with Gasteiger partial charge in [-0.2, -0.15) is 0 Å². The van der Waals surface area contributed by atoms with Crippen molar-refractivity contribution in [1.29, 1.82) is 0 Å². The number of phenolic OH excluding ortho intramolecular Hbond substituents is 1. The molecule has 0 amide bonds. The molecule has 20 heavy (non-hydrogen) atoms. The lowest BCUT2D eigenvalue weighted by atomic mass is 10.2. The lowest BCUT2D eigenvalue weighted by molar-refractivity contribution is 0.475. The van der Waals surface area contributed by atoms with Crippen LogP contribution >= 0.6 is 12.4 Å². The van der Waals surface area contributed by atoms with Gasteiger partial charge in [0.1, 0.15) is 5.75 Å². The Morgan fingerprint density at radius 1 is 1.10 bits per heavy atom. The van der Waals surface area contributed by atoms with E-state index in [0.717, 1.165) is 22.2 Å². The predicted molar refractivity (Wildman–Crippen MR) is 82.9 cm³/mol. The largest absolute Gasteiger partial charge is 0.508 e. The molecule has 0 atom stereocenters. The molecule has 4 nitrogen and oxygen atoms in total. The Morgan fingerprint density at radius 2 is 1.90 bits per heavy atom. The molecule has 0 saturated heterocycles. The SMILES string of the molecule is Cc1cc(O)ccc1Nc1ncc2ccccc2n1.Cl. The first-order valence-electron chi connectivity index (χ1n) is 6.01. The minimum Gasteiger partial charge on any atom is -0.508 e. The Labute approximate surface area is 122 Å². The fourth-order valence-corrected chi connectivity index (χ4v) is 1.94. The Morgan fingerprint density at radius 3 is 2.70 bits per heavy atom. The molecule has 0 aliphatic carbocycles. The van der Waals surface area contributed by atoms with Gasteiger partial charge in [-0.05, 0) is 36.8 Å². The zero-order valence-corrected chi connectivity index (χ0v) is 11.7. The summed E-state index contributed by atoms with van der Waals surface area (Å²) in [5.41, 5.74) is 2.72. The molecule has 0 bridgehead atoms. The molecule has 3 aromatic rings. The molecule has 2 aromatic carbocycles. The molecule has 0 aliphatic heterocycles. The van der Waals surface area contributed by atoms with Gasteiger partial charge in [0.05, 0.1) is 5.52 Å². The number of fused-ring (bicyclic) bond motifs is 1. The summed E-state index contributed by atoms with van der Waals surface area (Å²) in [6.45, 7) is 1.92. The molecule has 0 spiro atoms. The highest BCUT2D eigenvalue weighted by molar-refractivity contribution is 5.85. The molecule has 1 heterocycles. The number of benzene rings is 2. The maximum Gasteiger partial charge on any atom is 0.227 e. The third-order valence-electron chi connectivity index (χ3n) is 2.95. The van der Waals surface area contributed by atoms with E-state index >= 15 is 0 Å². The summed E-state index contributed by atoms with van der Waals surface area (Å²) in [5, 5.41) is 13.6. The minimum atomic E-state index is 0. The number of anilines is 2. The molecule has 102 valence electrons. The Kier molecular flexibility index (Phi) is 4.05. The minimum absolute atomic E-state index is 0. The van der Waals surface area contributed by atoms with E-state index in [-0.39, 0.29) is 18.2 Å². The summed E-state index contributed by atoms with van der Waals surface area (Å²) in [4.78, 5) is 8.73. The van der Waals surface area contributed by atoms with Gasteiger partial charge in [-0.25, -0.2) is 9.97 Å². The summed E-state index contributed by atoms with van der Waals surface area (Å²) in [6, 6.07) is 13.0. The Hall–Kier alpha value is -2.33. The van der Waals surface area contributed by atoms with Gasteiger partial charge in [-0.1, -0.05) is 18.2 Å². The first-order valence-corrected chi connectivity index (χ1v) is 6.01. The van der Waals surface area contributed by atoms with Crippen LogP contribution in [0.5, 0.6) is 5.75 Å². The number of nitrogens with zero attached hydrogens (tertiary/aromatic N) is 2. The molecule has 3 rings (SSSR count). The second-order valence-corrected chi connectivity index (χ2v) is 4.38. The van der Waals surface area contributed by atoms with Crippen molar-refractivity contribution in [3.05, 3.63) is 54.2 Å². The van der Waals surface area contributed by atoms with Crippen LogP contribution < -0.4 is 5.32 Å². The molecule has 1 aromatic heterocycles. The Balaban J connectivity index is 0.00000147. The van der Waals surface area contributed by atoms with E-state index in [1.807, 2.05) is 37.3 Å². The van der Waals surface area contributed by atoms with Crippen LogP contribution in [0.15, 0.2) is 48.7 Å². The zero-order valence-electron chi connectivity index (χ0n) is 10.9. The van der Waals surface area contributed by atoms with E-state index in [0.29, 0.717) is 5.95 Å². The lowest BCUT2D eigenvalue weighted by Gasteiger charge is -2.08. The summed E-state index contributed by atoms with van der Waals surface area (Å²) >= 11 is 0. The number of hydrogen-bond acceptors (Lipinski definition) is 4. The second-order valence-electron chi connectivity index (χ2n) is 4.38. The summed E-state index contributed by atoms with van der Waals surface area (Å²) in [7, 11) is 0. The van der Waals surface area contributed by atoms with Crippen LogP contribution in [-0.4, -0.2) is 15.1 Å². The molecule has 0 radical (unpaired) electrons. The normalized spacial score (nSPS) is 10.1. The monoisotopic (exact) mass is 287 g/mol. The quantitative estimate of drug-likeness (QED) is 0.704. The zero-order chi connectivity index (χ0) is 13.2. The molecule has 0 aliphatic rings. The first kappa shape index (κ1) is 14.1. The standard InChI is InChI=1S/C15H13N3O.ClH/c1-10-8-12(19)6-7-13(10)17-15-16-9-11-4-2-3-5-14(11)18-15;/h2-9,19H,1H3,(H,16,17,18);1H. The van der Waals surface area contributed by atoms with Crippen molar-refractivity contribution in [3.8, 4) is 5.75 Å². The van der Waals surface area contributed by atoms with Crippen molar-refractivity contribution in [3.63, 3.8) is 0 Å². The van der Waals surface area contributed by atoms with E-state index in [4.69, 9.17) is 0 Å². The highest BCUT2D eigenvalue weighted by Gasteiger charge is 2.03. The van der Waals surface area contributed by atoms with Crippen LogP contribution in [0.1, 0.15) is 5.56 Å². The van der Waals surface area contributed by atoms with Crippen LogP contribution in [0.4, 0.5) is 11.6 Å². The van der Waals surface area contributed by atoms with Gasteiger partial charge in [0, 0.05) is 17.3 Å². The molecular formula is C15H14ClN3O. The van der Waals surface area contributed by atoms with E-state index in [9.17, 15) is 5.11 Å². The van der Waals surface area contributed by atoms with Gasteiger partial charge in [-0.15, -0.1) is 12.4 Å². The van der Waals surface area contributed by atoms with Gasteiger partial charge in [-0.3, -0.25) is 0 Å². The highest BCUT2D eigenvalue weighted by Crippen LogP contribution is 2.23. The average Bonchev–Trinajstić information content (AvgIpc) is 2.42. The van der Waals surface area contributed by atoms with Crippen LogP contribution in [-0.2, 0) is 0 Å². The van der Waals surface area contributed by atoms with Crippen molar-refractivity contribution in [2.75, 3.05) is 5.32 Å². The van der Waals surface area contributed by atoms with E-state index in [2.05, 4.69) is 15.3 Å². The summed E-state index contributed by atoms with van der Waals surface area (Å²) in [5.74, 6) is 0.801. The number of aromatic nitrogens is 2. The van der Waals surface area contributed by atoms with Crippen molar-refractivity contribution < 1.29 is 5.11 Å². The Bertz CT molecular complexity index is 746. The molecule has 0 fully saturated rings. The number of aryl methyl sites for hydroxylation is 1. The van der Waals surface area contributed by atoms with E-state index < -0.39 is 0 Å². The lowest BCUT2D eigenvalue weighted by Crippen LogP contribution is -1.98. The molecule has 2 N–H and O–H groups in total. The molecule has 5 heteroatoms. The number of nitrogens with one attached hydrogen (secondary N) is 1. The summed E-state index contributed by atoms with van der Waals surface area (Å²) in [6.07, 6.45) is 1.79. The predicted octanol–water partition coefficient (Wildman–Crippen LogP) is 3.81. The number of halogens is 1. The van der Waals surface area contributed by atoms with E-state index in [1.54, 1.807) is 18.3 Å². The van der Waals surface area contributed by atoms with Gasteiger partial charge in [0.15, 0.2) is 0 Å². The van der Waals surface area contributed by atoms with Crippen molar-refractivity contribution >= 4 is 34.9 Å². The molecule has 0 unspecified atom stereocenters. The number of rotatable bonds is 2. The van der Waals surface area contributed by atoms with Crippen LogP contribution in [0.2, 0.25) is 0 Å². The van der Waals surface area contributed by atoms with E-state index in [1.165, 1.54) is 0 Å². The number of hydrogen-bond donors (Lipinski definition) is 2. The van der Waals surface area contributed by atoms with Crippen molar-refractivity contribution in [2.45, 2.75) is 6.92 Å². The average molecular weight is 288 g/mol. The van der Waals surface area contributed by atoms with Crippen molar-refractivity contribution in [2.24, 2.45) is 0 Å². The fourth-order valence-electron chi connectivity index (χ4n) is 1.94. The van der Waals surface area contributed by atoms with Gasteiger partial charge in [0.25, 0.3) is 0 Å². The third-order valence-corrected chi connectivity index (χ3v) is 2.95. The van der Waals surface area contributed by atoms with Crippen LogP contribution in [0.25, 0.3) is 10.9 Å². The fraction of sp³-hybridized carbons (Fsp3) is 0.0667. The number of phenols is 1. The van der Waals surface area contributed by atoms with Gasteiger partial charge >= 0.3 is 0 Å². The summed E-state index contributed by atoms with van der Waals surface area (Å²) < 4.78 is 0. The number of aromatic hydroxyl groups is 1. The molecular weight excluding hydrogens is 274 g/mol. The van der Waals surface area contributed by atoms with Gasteiger partial charge in [0.2, 0.25) is 5.95 Å². The topological polar surface area (TPSA) is 58.0 Å². The maximum absolute atomic E-state index is 9.39. The highest BCUT2D eigenvalue weighted by atomic mass is 35.5.